The number of benzene rings is 1. The van der Waals surface area contributed by atoms with Gasteiger partial charge in [-0.05, 0) is 37.1 Å². The number of carbonyl (C=O) groups excluding carboxylic acids is 1. The SMILES string of the molecule is CCc1cc(C(=O)Nc2cc(C)on2)ccc1OC. The lowest BCUT2D eigenvalue weighted by molar-refractivity contribution is 0.102. The molecule has 0 bridgehead atoms. The van der Waals surface area contributed by atoms with Gasteiger partial charge in [-0.1, -0.05) is 12.1 Å². The van der Waals surface area contributed by atoms with Crippen LogP contribution in [-0.2, 0) is 6.42 Å². The molecule has 5 heteroatoms. The number of aromatic nitrogens is 1. The van der Waals surface area contributed by atoms with Gasteiger partial charge in [-0.2, -0.15) is 0 Å². The quantitative estimate of drug-likeness (QED) is 0.918. The van der Waals surface area contributed by atoms with Crippen molar-refractivity contribution in [2.45, 2.75) is 20.3 Å². The third-order valence-electron chi connectivity index (χ3n) is 2.79. The lowest BCUT2D eigenvalue weighted by atomic mass is 10.1. The fourth-order valence-electron chi connectivity index (χ4n) is 1.81. The average molecular weight is 260 g/mol. The smallest absolute Gasteiger partial charge is 0.256 e. The number of ether oxygens (including phenoxy) is 1. The molecule has 0 aliphatic rings. The van der Waals surface area contributed by atoms with Crippen molar-refractivity contribution in [1.82, 2.24) is 5.16 Å². The lowest BCUT2D eigenvalue weighted by Crippen LogP contribution is -2.12. The zero-order valence-electron chi connectivity index (χ0n) is 11.2. The summed E-state index contributed by atoms with van der Waals surface area (Å²) in [7, 11) is 1.62. The third-order valence-corrected chi connectivity index (χ3v) is 2.79. The molecule has 1 N–H and O–H groups in total. The highest BCUT2D eigenvalue weighted by molar-refractivity contribution is 6.04. The predicted molar refractivity (Wildman–Crippen MR) is 71.6 cm³/mol. The van der Waals surface area contributed by atoms with Crippen LogP contribution in [0.5, 0.6) is 5.75 Å². The van der Waals surface area contributed by atoms with E-state index in [9.17, 15) is 4.79 Å². The molecule has 1 heterocycles. The molecule has 0 saturated carbocycles. The number of nitrogens with zero attached hydrogens (tertiary/aromatic N) is 1. The summed E-state index contributed by atoms with van der Waals surface area (Å²) in [6.45, 7) is 3.78. The summed E-state index contributed by atoms with van der Waals surface area (Å²) >= 11 is 0. The number of hydrogen-bond donors (Lipinski definition) is 1. The topological polar surface area (TPSA) is 64.4 Å². The van der Waals surface area contributed by atoms with E-state index >= 15 is 0 Å². The summed E-state index contributed by atoms with van der Waals surface area (Å²) in [5, 5.41) is 6.41. The average Bonchev–Trinajstić information content (AvgIpc) is 2.83. The van der Waals surface area contributed by atoms with Crippen molar-refractivity contribution < 1.29 is 14.1 Å². The first-order valence-corrected chi connectivity index (χ1v) is 6.05. The largest absolute Gasteiger partial charge is 0.496 e. The molecule has 0 unspecified atom stereocenters. The Labute approximate surface area is 111 Å². The third kappa shape index (κ3) is 2.93. The van der Waals surface area contributed by atoms with Crippen LogP contribution in [0.3, 0.4) is 0 Å². The maximum Gasteiger partial charge on any atom is 0.256 e. The second kappa shape index (κ2) is 5.56. The molecular formula is C14H16N2O3. The maximum atomic E-state index is 12.1. The molecule has 1 amide bonds. The van der Waals surface area contributed by atoms with Crippen LogP contribution in [0.4, 0.5) is 5.82 Å². The summed E-state index contributed by atoms with van der Waals surface area (Å²) < 4.78 is 10.1. The number of methoxy groups -OCH3 is 1. The summed E-state index contributed by atoms with van der Waals surface area (Å²) in [5.74, 6) is 1.64. The van der Waals surface area contributed by atoms with Gasteiger partial charge in [-0.3, -0.25) is 4.79 Å². The van der Waals surface area contributed by atoms with Crippen LogP contribution >= 0.6 is 0 Å². The molecule has 0 fully saturated rings. The number of aryl methyl sites for hydroxylation is 2. The number of hydrogen-bond acceptors (Lipinski definition) is 4. The molecule has 5 nitrogen and oxygen atoms in total. The minimum Gasteiger partial charge on any atom is -0.496 e. The molecule has 0 saturated heterocycles. The first-order valence-electron chi connectivity index (χ1n) is 6.05. The number of nitrogens with one attached hydrogen (secondary N) is 1. The van der Waals surface area contributed by atoms with Crippen LogP contribution in [-0.4, -0.2) is 18.2 Å². The Morgan fingerprint density at radius 3 is 2.79 bits per heavy atom. The van der Waals surface area contributed by atoms with Gasteiger partial charge < -0.3 is 14.6 Å². The summed E-state index contributed by atoms with van der Waals surface area (Å²) in [4.78, 5) is 12.1. The highest BCUT2D eigenvalue weighted by Crippen LogP contribution is 2.21. The van der Waals surface area contributed by atoms with Crippen molar-refractivity contribution >= 4 is 11.7 Å². The lowest BCUT2D eigenvalue weighted by Gasteiger charge is -2.08. The molecular weight excluding hydrogens is 244 g/mol. The monoisotopic (exact) mass is 260 g/mol. The molecule has 19 heavy (non-hydrogen) atoms. The summed E-state index contributed by atoms with van der Waals surface area (Å²) in [6, 6.07) is 7.01. The van der Waals surface area contributed by atoms with Crippen molar-refractivity contribution in [2.24, 2.45) is 0 Å². The molecule has 2 aromatic rings. The minimum atomic E-state index is -0.217. The van der Waals surface area contributed by atoms with Gasteiger partial charge >= 0.3 is 0 Å². The van der Waals surface area contributed by atoms with Gasteiger partial charge in [0, 0.05) is 11.6 Å². The molecule has 0 spiro atoms. The van der Waals surface area contributed by atoms with Crippen molar-refractivity contribution in [2.75, 3.05) is 12.4 Å². The Morgan fingerprint density at radius 1 is 1.42 bits per heavy atom. The van der Waals surface area contributed by atoms with E-state index in [4.69, 9.17) is 9.26 Å². The molecule has 0 aliphatic heterocycles. The zero-order chi connectivity index (χ0) is 13.8. The van der Waals surface area contributed by atoms with Crippen molar-refractivity contribution in [3.8, 4) is 5.75 Å². The summed E-state index contributed by atoms with van der Waals surface area (Å²) in [5.41, 5.74) is 1.56. The normalized spacial score (nSPS) is 10.3. The van der Waals surface area contributed by atoms with E-state index in [2.05, 4.69) is 10.5 Å². The van der Waals surface area contributed by atoms with E-state index in [0.717, 1.165) is 17.7 Å². The van der Waals surface area contributed by atoms with E-state index < -0.39 is 0 Å². The second-order valence-electron chi connectivity index (χ2n) is 4.16. The van der Waals surface area contributed by atoms with E-state index in [-0.39, 0.29) is 5.91 Å². The highest BCUT2D eigenvalue weighted by Gasteiger charge is 2.11. The van der Waals surface area contributed by atoms with Crippen LogP contribution in [0.1, 0.15) is 28.6 Å². The Morgan fingerprint density at radius 2 is 2.21 bits per heavy atom. The Hall–Kier alpha value is -2.30. The Kier molecular flexibility index (Phi) is 3.85. The molecule has 0 radical (unpaired) electrons. The van der Waals surface area contributed by atoms with Crippen LogP contribution in [0, 0.1) is 6.92 Å². The number of carbonyl (C=O) groups is 1. The molecule has 100 valence electrons. The first-order chi connectivity index (χ1) is 9.13. The molecule has 0 aliphatic carbocycles. The van der Waals surface area contributed by atoms with Gasteiger partial charge in [0.05, 0.1) is 7.11 Å². The first kappa shape index (κ1) is 13.1. The fraction of sp³-hybridized carbons (Fsp3) is 0.286. The van der Waals surface area contributed by atoms with Gasteiger partial charge in [0.2, 0.25) is 0 Å². The molecule has 2 rings (SSSR count). The van der Waals surface area contributed by atoms with E-state index in [0.29, 0.717) is 17.1 Å². The number of rotatable bonds is 4. The van der Waals surface area contributed by atoms with Crippen molar-refractivity contribution in [3.63, 3.8) is 0 Å². The molecule has 1 aromatic heterocycles. The zero-order valence-corrected chi connectivity index (χ0v) is 11.2. The maximum absolute atomic E-state index is 12.1. The van der Waals surface area contributed by atoms with E-state index in [1.165, 1.54) is 0 Å². The standard InChI is InChI=1S/C14H16N2O3/c1-4-10-8-11(5-6-12(10)18-3)14(17)15-13-7-9(2)19-16-13/h5-8H,4H2,1-3H3,(H,15,16,17). The Balaban J connectivity index is 2.19. The van der Waals surface area contributed by atoms with Gasteiger partial charge in [-0.15, -0.1) is 0 Å². The van der Waals surface area contributed by atoms with Gasteiger partial charge in [-0.25, -0.2) is 0 Å². The number of amides is 1. The minimum absolute atomic E-state index is 0.217. The van der Waals surface area contributed by atoms with E-state index in [1.54, 1.807) is 32.2 Å². The van der Waals surface area contributed by atoms with Gasteiger partial charge in [0.25, 0.3) is 5.91 Å². The Bertz CT molecular complexity index is 590. The van der Waals surface area contributed by atoms with E-state index in [1.807, 2.05) is 13.0 Å². The second-order valence-corrected chi connectivity index (χ2v) is 4.16. The van der Waals surface area contributed by atoms with Crippen LogP contribution in [0.2, 0.25) is 0 Å². The van der Waals surface area contributed by atoms with Crippen LogP contribution in [0.15, 0.2) is 28.8 Å². The van der Waals surface area contributed by atoms with Gasteiger partial charge in [0.1, 0.15) is 11.5 Å². The molecule has 0 atom stereocenters. The van der Waals surface area contributed by atoms with Crippen LogP contribution < -0.4 is 10.1 Å². The van der Waals surface area contributed by atoms with Crippen molar-refractivity contribution in [3.05, 3.63) is 41.2 Å². The van der Waals surface area contributed by atoms with Crippen molar-refractivity contribution in [1.29, 1.82) is 0 Å². The molecule has 1 aromatic carbocycles. The number of anilines is 1. The predicted octanol–water partition coefficient (Wildman–Crippen LogP) is 2.81. The summed E-state index contributed by atoms with van der Waals surface area (Å²) in [6.07, 6.45) is 0.799. The fourth-order valence-corrected chi connectivity index (χ4v) is 1.81. The highest BCUT2D eigenvalue weighted by atomic mass is 16.5. The van der Waals surface area contributed by atoms with Crippen LogP contribution in [0.25, 0.3) is 0 Å². The van der Waals surface area contributed by atoms with Gasteiger partial charge in [0.15, 0.2) is 5.82 Å².